The van der Waals surface area contributed by atoms with Crippen LogP contribution in [0.15, 0.2) is 29.2 Å². The maximum atomic E-state index is 10.4. The molecule has 1 N–H and O–H groups in total. The van der Waals surface area contributed by atoms with E-state index in [1.54, 1.807) is 7.11 Å². The minimum atomic E-state index is -0.676. The van der Waals surface area contributed by atoms with Gasteiger partial charge in [-0.15, -0.1) is 11.8 Å². The molecule has 0 aliphatic carbocycles. The van der Waals surface area contributed by atoms with Crippen molar-refractivity contribution in [1.29, 1.82) is 0 Å². The molecule has 0 radical (unpaired) electrons. The third kappa shape index (κ3) is 9.40. The molecule has 0 atom stereocenters. The van der Waals surface area contributed by atoms with Crippen LogP contribution in [0, 0.1) is 0 Å². The van der Waals surface area contributed by atoms with Gasteiger partial charge in [0.25, 0.3) is 0 Å². The SMILES string of the molecule is COc1cccc(SCCCCCCCCCC(=O)O)c1. The van der Waals surface area contributed by atoms with E-state index in [4.69, 9.17) is 9.84 Å². The first-order valence-electron chi connectivity index (χ1n) is 7.71. The van der Waals surface area contributed by atoms with Gasteiger partial charge in [0.1, 0.15) is 5.75 Å². The second-order valence-corrected chi connectivity index (χ2v) is 6.31. The smallest absolute Gasteiger partial charge is 0.303 e. The van der Waals surface area contributed by atoms with E-state index in [0.717, 1.165) is 30.8 Å². The van der Waals surface area contributed by atoms with E-state index in [-0.39, 0.29) is 0 Å². The van der Waals surface area contributed by atoms with Crippen LogP contribution in [0.1, 0.15) is 51.4 Å². The first-order valence-corrected chi connectivity index (χ1v) is 8.69. The number of aliphatic carboxylic acids is 1. The van der Waals surface area contributed by atoms with Crippen LogP contribution >= 0.6 is 11.8 Å². The second-order valence-electron chi connectivity index (χ2n) is 5.15. The van der Waals surface area contributed by atoms with Gasteiger partial charge in [-0.05, 0) is 36.8 Å². The zero-order valence-corrected chi connectivity index (χ0v) is 13.7. The molecule has 21 heavy (non-hydrogen) atoms. The molecule has 0 aliphatic rings. The number of carbonyl (C=O) groups is 1. The molecule has 0 aromatic heterocycles. The number of hydrogen-bond acceptors (Lipinski definition) is 3. The second kappa shape index (κ2) is 11.5. The lowest BCUT2D eigenvalue weighted by atomic mass is 10.1. The number of thioether (sulfide) groups is 1. The van der Waals surface area contributed by atoms with Crippen molar-refractivity contribution in [2.45, 2.75) is 56.3 Å². The average molecular weight is 310 g/mol. The van der Waals surface area contributed by atoms with Crippen LogP contribution < -0.4 is 4.74 Å². The van der Waals surface area contributed by atoms with Crippen LogP contribution in [0.4, 0.5) is 0 Å². The Morgan fingerprint density at radius 1 is 1.10 bits per heavy atom. The molecule has 0 saturated heterocycles. The zero-order valence-electron chi connectivity index (χ0n) is 12.8. The molecular weight excluding hydrogens is 284 g/mol. The van der Waals surface area contributed by atoms with Gasteiger partial charge in [0.05, 0.1) is 7.11 Å². The van der Waals surface area contributed by atoms with Gasteiger partial charge in [0, 0.05) is 11.3 Å². The zero-order chi connectivity index (χ0) is 15.3. The highest BCUT2D eigenvalue weighted by Crippen LogP contribution is 2.24. The lowest BCUT2D eigenvalue weighted by Gasteiger charge is -2.04. The Morgan fingerprint density at radius 2 is 1.76 bits per heavy atom. The topological polar surface area (TPSA) is 46.5 Å². The molecule has 1 aromatic carbocycles. The van der Waals surface area contributed by atoms with E-state index in [0.29, 0.717) is 6.42 Å². The van der Waals surface area contributed by atoms with E-state index >= 15 is 0 Å². The van der Waals surface area contributed by atoms with Crippen molar-refractivity contribution < 1.29 is 14.6 Å². The summed E-state index contributed by atoms with van der Waals surface area (Å²) in [5, 5.41) is 8.53. The number of rotatable bonds is 12. The Bertz CT molecular complexity index is 407. The van der Waals surface area contributed by atoms with Gasteiger partial charge >= 0.3 is 5.97 Å². The molecule has 0 amide bonds. The largest absolute Gasteiger partial charge is 0.497 e. The highest BCUT2D eigenvalue weighted by Gasteiger charge is 1.98. The molecule has 1 aromatic rings. The number of hydrogen-bond donors (Lipinski definition) is 1. The molecular formula is C17H26O3S. The Balaban J connectivity index is 1.93. The third-order valence-electron chi connectivity index (χ3n) is 3.34. The van der Waals surface area contributed by atoms with Gasteiger partial charge in [-0.25, -0.2) is 0 Å². The highest BCUT2D eigenvalue weighted by molar-refractivity contribution is 7.99. The van der Waals surface area contributed by atoms with Gasteiger partial charge in [0.15, 0.2) is 0 Å². The molecule has 0 fully saturated rings. The van der Waals surface area contributed by atoms with Crippen LogP contribution in [-0.4, -0.2) is 23.9 Å². The molecule has 3 nitrogen and oxygen atoms in total. The van der Waals surface area contributed by atoms with Gasteiger partial charge in [0.2, 0.25) is 0 Å². The minimum absolute atomic E-state index is 0.317. The highest BCUT2D eigenvalue weighted by atomic mass is 32.2. The van der Waals surface area contributed by atoms with E-state index in [9.17, 15) is 4.79 Å². The van der Waals surface area contributed by atoms with Crippen LogP contribution in [0.2, 0.25) is 0 Å². The summed E-state index contributed by atoms with van der Waals surface area (Å²) in [4.78, 5) is 11.6. The van der Waals surface area contributed by atoms with Gasteiger partial charge in [-0.3, -0.25) is 4.79 Å². The predicted octanol–water partition coefficient (Wildman–Crippen LogP) is 4.99. The molecule has 1 rings (SSSR count). The summed E-state index contributed by atoms with van der Waals surface area (Å²) in [6.07, 6.45) is 8.32. The number of benzene rings is 1. The monoisotopic (exact) mass is 310 g/mol. The Hall–Kier alpha value is -1.16. The molecule has 118 valence electrons. The predicted molar refractivity (Wildman–Crippen MR) is 88.3 cm³/mol. The van der Waals surface area contributed by atoms with E-state index in [2.05, 4.69) is 12.1 Å². The molecule has 4 heteroatoms. The van der Waals surface area contributed by atoms with Gasteiger partial charge in [-0.1, -0.05) is 38.2 Å². The van der Waals surface area contributed by atoms with Crippen LogP contribution in [0.25, 0.3) is 0 Å². The molecule has 0 unspecified atom stereocenters. The fraction of sp³-hybridized carbons (Fsp3) is 0.588. The van der Waals surface area contributed by atoms with Crippen LogP contribution in [0.5, 0.6) is 5.75 Å². The van der Waals surface area contributed by atoms with Crippen molar-refractivity contribution in [3.8, 4) is 5.75 Å². The molecule has 0 saturated carbocycles. The first kappa shape index (κ1) is 17.9. The Morgan fingerprint density at radius 3 is 2.43 bits per heavy atom. The van der Waals surface area contributed by atoms with E-state index < -0.39 is 5.97 Å². The number of unbranched alkanes of at least 4 members (excludes halogenated alkanes) is 6. The van der Waals surface area contributed by atoms with Crippen molar-refractivity contribution >= 4 is 17.7 Å². The summed E-state index contributed by atoms with van der Waals surface area (Å²) in [6, 6.07) is 8.19. The Labute approximate surface area is 132 Å². The number of methoxy groups -OCH3 is 1. The Kier molecular flexibility index (Phi) is 9.79. The molecule has 0 spiro atoms. The first-order chi connectivity index (χ1) is 10.2. The van der Waals surface area contributed by atoms with Gasteiger partial charge in [-0.2, -0.15) is 0 Å². The van der Waals surface area contributed by atoms with Crippen molar-refractivity contribution in [1.82, 2.24) is 0 Å². The number of carboxylic acids is 1. The van der Waals surface area contributed by atoms with Crippen molar-refractivity contribution in [3.63, 3.8) is 0 Å². The standard InChI is InChI=1S/C17H26O3S/c1-20-15-10-9-11-16(14-15)21-13-8-6-4-2-3-5-7-12-17(18)19/h9-11,14H,2-8,12-13H2,1H3,(H,18,19). The summed E-state index contributed by atoms with van der Waals surface area (Å²) in [5.41, 5.74) is 0. The number of carboxylic acid groups (broad SMARTS) is 1. The fourth-order valence-corrected chi connectivity index (χ4v) is 3.10. The molecule has 0 bridgehead atoms. The lowest BCUT2D eigenvalue weighted by Crippen LogP contribution is -1.93. The summed E-state index contributed by atoms with van der Waals surface area (Å²) < 4.78 is 5.21. The third-order valence-corrected chi connectivity index (χ3v) is 4.42. The summed E-state index contributed by atoms with van der Waals surface area (Å²) in [7, 11) is 1.69. The molecule has 0 aliphatic heterocycles. The van der Waals surface area contributed by atoms with Crippen LogP contribution in [0.3, 0.4) is 0 Å². The van der Waals surface area contributed by atoms with Crippen molar-refractivity contribution in [2.75, 3.05) is 12.9 Å². The fourth-order valence-electron chi connectivity index (χ4n) is 2.14. The summed E-state index contributed by atoms with van der Waals surface area (Å²) >= 11 is 1.88. The van der Waals surface area contributed by atoms with Gasteiger partial charge < -0.3 is 9.84 Å². The van der Waals surface area contributed by atoms with Crippen molar-refractivity contribution in [3.05, 3.63) is 24.3 Å². The van der Waals surface area contributed by atoms with Crippen molar-refractivity contribution in [2.24, 2.45) is 0 Å². The molecule has 0 heterocycles. The summed E-state index contributed by atoms with van der Waals surface area (Å²) in [5.74, 6) is 1.39. The lowest BCUT2D eigenvalue weighted by molar-refractivity contribution is -0.137. The maximum absolute atomic E-state index is 10.4. The average Bonchev–Trinajstić information content (AvgIpc) is 2.49. The van der Waals surface area contributed by atoms with Crippen LogP contribution in [-0.2, 0) is 4.79 Å². The maximum Gasteiger partial charge on any atom is 0.303 e. The quantitative estimate of drug-likeness (QED) is 0.436. The summed E-state index contributed by atoms with van der Waals surface area (Å²) in [6.45, 7) is 0. The van der Waals surface area contributed by atoms with E-state index in [1.807, 2.05) is 23.9 Å². The minimum Gasteiger partial charge on any atom is -0.497 e. The number of ether oxygens (including phenoxy) is 1. The van der Waals surface area contributed by atoms with E-state index in [1.165, 1.54) is 30.6 Å². The normalized spacial score (nSPS) is 10.5.